The second kappa shape index (κ2) is 3.62. The van der Waals surface area contributed by atoms with Crippen LogP contribution in [0.5, 0.6) is 0 Å². The number of nitriles is 1. The van der Waals surface area contributed by atoms with Crippen molar-refractivity contribution in [3.63, 3.8) is 0 Å². The van der Waals surface area contributed by atoms with E-state index in [9.17, 15) is 5.11 Å². The zero-order valence-corrected chi connectivity index (χ0v) is 9.90. The maximum Gasteiger partial charge on any atom is 0.0986 e. The lowest BCUT2D eigenvalue weighted by atomic mass is 9.65. The van der Waals surface area contributed by atoms with E-state index in [1.807, 2.05) is 19.9 Å². The van der Waals surface area contributed by atoms with Gasteiger partial charge in [0.1, 0.15) is 0 Å². The van der Waals surface area contributed by atoms with E-state index in [-0.39, 0.29) is 0 Å². The van der Waals surface area contributed by atoms with Gasteiger partial charge in [-0.05, 0) is 38.3 Å². The van der Waals surface area contributed by atoms with Crippen LogP contribution in [-0.4, -0.2) is 5.11 Å². The Morgan fingerprint density at radius 3 is 2.53 bits per heavy atom. The number of aryl methyl sites for hydroxylation is 2. The summed E-state index contributed by atoms with van der Waals surface area (Å²) in [7, 11) is 0. The number of hydrogen-bond acceptors (Lipinski definition) is 3. The molecule has 1 atom stereocenters. The van der Waals surface area contributed by atoms with Gasteiger partial charge in [-0.15, -0.1) is 11.3 Å². The lowest BCUT2D eigenvalue weighted by Crippen LogP contribution is -2.34. The molecule has 0 saturated heterocycles. The van der Waals surface area contributed by atoms with Gasteiger partial charge in [0, 0.05) is 9.75 Å². The largest absolute Gasteiger partial charge is 0.387 e. The van der Waals surface area contributed by atoms with Crippen LogP contribution in [-0.2, 0) is 0 Å². The van der Waals surface area contributed by atoms with Crippen molar-refractivity contribution in [3.05, 3.63) is 21.4 Å². The fourth-order valence-corrected chi connectivity index (χ4v) is 3.18. The molecule has 0 aromatic carbocycles. The van der Waals surface area contributed by atoms with E-state index < -0.39 is 11.5 Å². The lowest BCUT2D eigenvalue weighted by Gasteiger charge is -2.39. The maximum atomic E-state index is 10.3. The molecule has 1 aromatic rings. The van der Waals surface area contributed by atoms with Crippen LogP contribution >= 0.6 is 11.3 Å². The Balaban J connectivity index is 2.32. The molecule has 15 heavy (non-hydrogen) atoms. The first kappa shape index (κ1) is 10.7. The van der Waals surface area contributed by atoms with Gasteiger partial charge < -0.3 is 5.11 Å². The van der Waals surface area contributed by atoms with Gasteiger partial charge in [-0.2, -0.15) is 5.26 Å². The van der Waals surface area contributed by atoms with Crippen LogP contribution in [0.2, 0.25) is 0 Å². The number of nitrogens with zero attached hydrogens (tertiary/aromatic N) is 1. The first-order valence-electron chi connectivity index (χ1n) is 5.25. The number of rotatable bonds is 2. The van der Waals surface area contributed by atoms with Gasteiger partial charge in [-0.25, -0.2) is 0 Å². The van der Waals surface area contributed by atoms with E-state index in [1.54, 1.807) is 11.3 Å². The first-order valence-corrected chi connectivity index (χ1v) is 6.07. The molecule has 0 amide bonds. The normalized spacial score (nSPS) is 20.4. The second-order valence-corrected chi connectivity index (χ2v) is 5.85. The van der Waals surface area contributed by atoms with Crippen molar-refractivity contribution in [2.45, 2.75) is 39.2 Å². The van der Waals surface area contributed by atoms with E-state index >= 15 is 0 Å². The van der Waals surface area contributed by atoms with Crippen molar-refractivity contribution >= 4 is 11.3 Å². The third kappa shape index (κ3) is 1.58. The van der Waals surface area contributed by atoms with E-state index in [2.05, 4.69) is 6.07 Å². The molecular weight excluding hydrogens is 206 g/mol. The highest BCUT2D eigenvalue weighted by atomic mass is 32.1. The van der Waals surface area contributed by atoms with Gasteiger partial charge >= 0.3 is 0 Å². The zero-order valence-electron chi connectivity index (χ0n) is 9.08. The van der Waals surface area contributed by atoms with Gasteiger partial charge in [0.2, 0.25) is 0 Å². The molecule has 1 heterocycles. The molecule has 0 bridgehead atoms. The van der Waals surface area contributed by atoms with Crippen LogP contribution in [0.25, 0.3) is 0 Å². The number of aliphatic hydroxyl groups excluding tert-OH is 1. The van der Waals surface area contributed by atoms with Gasteiger partial charge in [-0.3, -0.25) is 0 Å². The minimum Gasteiger partial charge on any atom is -0.387 e. The smallest absolute Gasteiger partial charge is 0.0986 e. The predicted octanol–water partition coefficient (Wildman–Crippen LogP) is 3.09. The van der Waals surface area contributed by atoms with Crippen LogP contribution in [0.1, 0.15) is 40.7 Å². The Morgan fingerprint density at radius 2 is 2.20 bits per heavy atom. The van der Waals surface area contributed by atoms with Crippen molar-refractivity contribution in [2.75, 3.05) is 0 Å². The molecule has 2 rings (SSSR count). The summed E-state index contributed by atoms with van der Waals surface area (Å²) in [6.07, 6.45) is 2.13. The minimum atomic E-state index is -0.596. The summed E-state index contributed by atoms with van der Waals surface area (Å²) in [5.74, 6) is 0. The lowest BCUT2D eigenvalue weighted by molar-refractivity contribution is 0.00785. The molecule has 1 aliphatic carbocycles. The van der Waals surface area contributed by atoms with Crippen LogP contribution in [0.4, 0.5) is 0 Å². The van der Waals surface area contributed by atoms with Crippen molar-refractivity contribution < 1.29 is 5.11 Å². The van der Waals surface area contributed by atoms with Crippen LogP contribution in [0.15, 0.2) is 6.07 Å². The molecule has 80 valence electrons. The van der Waals surface area contributed by atoms with E-state index in [0.717, 1.165) is 29.7 Å². The molecule has 0 aliphatic heterocycles. The third-order valence-electron chi connectivity index (χ3n) is 3.37. The summed E-state index contributed by atoms with van der Waals surface area (Å²) in [4.78, 5) is 2.34. The second-order valence-electron chi connectivity index (χ2n) is 4.39. The Labute approximate surface area is 94.2 Å². The number of aliphatic hydroxyl groups is 1. The molecule has 0 spiro atoms. The molecule has 2 nitrogen and oxygen atoms in total. The maximum absolute atomic E-state index is 10.3. The average Bonchev–Trinajstić information content (AvgIpc) is 2.44. The topological polar surface area (TPSA) is 44.0 Å². The molecule has 3 heteroatoms. The monoisotopic (exact) mass is 221 g/mol. The summed E-state index contributed by atoms with van der Waals surface area (Å²) in [6.45, 7) is 4.05. The number of thiophene rings is 1. The Morgan fingerprint density at radius 1 is 1.53 bits per heavy atom. The quantitative estimate of drug-likeness (QED) is 0.834. The molecular formula is C12H15NOS. The van der Waals surface area contributed by atoms with Gasteiger partial charge in [0.15, 0.2) is 0 Å². The first-order chi connectivity index (χ1) is 7.09. The summed E-state index contributed by atoms with van der Waals surface area (Å²) >= 11 is 1.69. The molecule has 1 N–H and O–H groups in total. The van der Waals surface area contributed by atoms with Crippen molar-refractivity contribution in [3.8, 4) is 6.07 Å². The highest BCUT2D eigenvalue weighted by Gasteiger charge is 2.45. The summed E-state index contributed by atoms with van der Waals surface area (Å²) < 4.78 is 0. The van der Waals surface area contributed by atoms with Gasteiger partial charge in [0.25, 0.3) is 0 Å². The predicted molar refractivity (Wildman–Crippen MR) is 60.6 cm³/mol. The van der Waals surface area contributed by atoms with Crippen LogP contribution < -0.4 is 0 Å². The van der Waals surface area contributed by atoms with Crippen molar-refractivity contribution in [1.29, 1.82) is 5.26 Å². The average molecular weight is 221 g/mol. The van der Waals surface area contributed by atoms with Crippen LogP contribution in [0.3, 0.4) is 0 Å². The highest BCUT2D eigenvalue weighted by molar-refractivity contribution is 7.12. The SMILES string of the molecule is Cc1cc(C(O)C2(C#N)CCC2)c(C)s1. The van der Waals surface area contributed by atoms with Crippen molar-refractivity contribution in [2.24, 2.45) is 5.41 Å². The molecule has 0 radical (unpaired) electrons. The highest BCUT2D eigenvalue weighted by Crippen LogP contribution is 2.50. The standard InChI is InChI=1S/C12H15NOS/c1-8-6-10(9(2)15-8)11(14)12(7-13)4-3-5-12/h6,11,14H,3-5H2,1-2H3. The Hall–Kier alpha value is -0.850. The Bertz CT molecular complexity index is 412. The molecule has 1 aliphatic rings. The summed E-state index contributed by atoms with van der Waals surface area (Å²) in [5, 5.41) is 19.4. The number of hydrogen-bond donors (Lipinski definition) is 1. The molecule has 1 unspecified atom stereocenters. The van der Waals surface area contributed by atoms with E-state index in [4.69, 9.17) is 5.26 Å². The van der Waals surface area contributed by atoms with Crippen LogP contribution in [0, 0.1) is 30.6 Å². The summed E-state index contributed by atoms with van der Waals surface area (Å²) in [5.41, 5.74) is 0.455. The fourth-order valence-electron chi connectivity index (χ4n) is 2.22. The minimum absolute atomic E-state index is 0.502. The fraction of sp³-hybridized carbons (Fsp3) is 0.583. The van der Waals surface area contributed by atoms with E-state index in [0.29, 0.717) is 0 Å². The molecule has 1 fully saturated rings. The van der Waals surface area contributed by atoms with Gasteiger partial charge in [-0.1, -0.05) is 6.42 Å². The van der Waals surface area contributed by atoms with E-state index in [1.165, 1.54) is 4.88 Å². The van der Waals surface area contributed by atoms with Crippen molar-refractivity contribution in [1.82, 2.24) is 0 Å². The van der Waals surface area contributed by atoms with Gasteiger partial charge in [0.05, 0.1) is 17.6 Å². The Kier molecular flexibility index (Phi) is 2.57. The third-order valence-corrected chi connectivity index (χ3v) is 4.35. The molecule has 1 saturated carbocycles. The zero-order chi connectivity index (χ0) is 11.1. The molecule has 1 aromatic heterocycles. The summed E-state index contributed by atoms with van der Waals surface area (Å²) in [6, 6.07) is 4.32.